The van der Waals surface area contributed by atoms with Crippen LogP contribution in [0.1, 0.15) is 111 Å². The number of esters is 1. The third-order valence-electron chi connectivity index (χ3n) is 6.98. The van der Waals surface area contributed by atoms with Gasteiger partial charge in [-0.05, 0) is 18.8 Å². The molecule has 3 atom stereocenters. The first-order chi connectivity index (χ1) is 13.6. The van der Waals surface area contributed by atoms with Crippen molar-refractivity contribution in [1.82, 2.24) is 0 Å². The number of unbranched alkanes of at least 4 members (excludes halogenated alkanes) is 8. The number of hydrogen-bond donors (Lipinski definition) is 1. The molecule has 0 aliphatic carbocycles. The fraction of sp³-hybridized carbons (Fsp3) is 0.960. The Morgan fingerprint density at radius 3 is 2.03 bits per heavy atom. The molecular formula is C25H50O3Si. The molecule has 172 valence electrons. The Morgan fingerprint density at radius 2 is 1.48 bits per heavy atom. The summed E-state index contributed by atoms with van der Waals surface area (Å²) in [6.45, 7) is 13.7. The number of aliphatic hydroxyl groups excluding tert-OH is 1. The van der Waals surface area contributed by atoms with Crippen LogP contribution in [0.4, 0.5) is 0 Å². The van der Waals surface area contributed by atoms with Crippen LogP contribution in [0.15, 0.2) is 0 Å². The Balaban J connectivity index is 2.48. The Morgan fingerprint density at radius 1 is 0.931 bits per heavy atom. The van der Waals surface area contributed by atoms with Crippen molar-refractivity contribution in [3.05, 3.63) is 0 Å². The van der Waals surface area contributed by atoms with Crippen molar-refractivity contribution in [2.45, 2.75) is 148 Å². The molecule has 0 amide bonds. The van der Waals surface area contributed by atoms with E-state index in [1.54, 1.807) is 0 Å². The number of aliphatic hydroxyl groups is 1. The topological polar surface area (TPSA) is 46.5 Å². The zero-order chi connectivity index (χ0) is 21.9. The molecule has 1 aliphatic rings. The fourth-order valence-corrected chi connectivity index (χ4v) is 7.66. The number of cyclic esters (lactones) is 1. The van der Waals surface area contributed by atoms with Gasteiger partial charge in [-0.2, -0.15) is 0 Å². The first kappa shape index (κ1) is 26.7. The molecule has 0 aromatic rings. The Hall–Kier alpha value is -0.353. The van der Waals surface area contributed by atoms with Gasteiger partial charge in [0.25, 0.3) is 0 Å². The maximum Gasteiger partial charge on any atom is 0.313 e. The number of rotatable bonds is 17. The molecule has 0 saturated carbocycles. The van der Waals surface area contributed by atoms with E-state index in [0.29, 0.717) is 6.42 Å². The molecule has 29 heavy (non-hydrogen) atoms. The lowest BCUT2D eigenvalue weighted by Gasteiger charge is -2.54. The maximum atomic E-state index is 12.7. The van der Waals surface area contributed by atoms with E-state index >= 15 is 0 Å². The largest absolute Gasteiger partial charge is 0.461 e. The second kappa shape index (κ2) is 13.1. The average molecular weight is 427 g/mol. The first-order valence-electron chi connectivity index (χ1n) is 12.5. The molecule has 4 heteroatoms. The van der Waals surface area contributed by atoms with Crippen molar-refractivity contribution >= 4 is 14.0 Å². The van der Waals surface area contributed by atoms with Gasteiger partial charge in [-0.15, -0.1) is 0 Å². The van der Waals surface area contributed by atoms with E-state index in [-0.39, 0.29) is 23.2 Å². The predicted octanol–water partition coefficient (Wildman–Crippen LogP) is 7.49. The van der Waals surface area contributed by atoms with Crippen LogP contribution in [0.5, 0.6) is 0 Å². The molecule has 1 rings (SSSR count). The van der Waals surface area contributed by atoms with Gasteiger partial charge in [0, 0.05) is 6.42 Å². The van der Waals surface area contributed by atoms with Crippen molar-refractivity contribution in [3.8, 4) is 0 Å². The normalized spacial score (nSPS) is 23.2. The lowest BCUT2D eigenvalue weighted by Crippen LogP contribution is -2.63. The SMILES string of the molecule is CCCCCCC[C@H](O)C[C@@H]1OC(=O)[C@@]1(CCCCCCCC(C)C)[Si](C)(C)C. The van der Waals surface area contributed by atoms with Gasteiger partial charge in [0.1, 0.15) is 6.10 Å². The lowest BCUT2D eigenvalue weighted by atomic mass is 9.85. The van der Waals surface area contributed by atoms with Crippen LogP contribution in [0, 0.1) is 5.92 Å². The van der Waals surface area contributed by atoms with Crippen LogP contribution < -0.4 is 0 Å². The number of carbonyl (C=O) groups excluding carboxylic acids is 1. The van der Waals surface area contributed by atoms with E-state index in [9.17, 15) is 9.90 Å². The number of carbonyl (C=O) groups is 1. The summed E-state index contributed by atoms with van der Waals surface area (Å²) in [6, 6.07) is 0. The minimum absolute atomic E-state index is 0.0246. The molecule has 1 N–H and O–H groups in total. The second-order valence-corrected chi connectivity index (χ2v) is 16.3. The van der Waals surface area contributed by atoms with E-state index in [1.807, 2.05) is 0 Å². The molecule has 1 aliphatic heterocycles. The highest BCUT2D eigenvalue weighted by molar-refractivity contribution is 6.83. The van der Waals surface area contributed by atoms with Crippen LogP contribution in [-0.4, -0.2) is 31.4 Å². The van der Waals surface area contributed by atoms with E-state index in [1.165, 1.54) is 57.8 Å². The Kier molecular flexibility index (Phi) is 12.1. The maximum absolute atomic E-state index is 12.7. The van der Waals surface area contributed by atoms with Crippen LogP contribution in [0.2, 0.25) is 24.7 Å². The molecule has 0 aromatic carbocycles. The minimum Gasteiger partial charge on any atom is -0.461 e. The Labute approximate surface area is 182 Å². The predicted molar refractivity (Wildman–Crippen MR) is 127 cm³/mol. The zero-order valence-electron chi connectivity index (χ0n) is 20.4. The average Bonchev–Trinajstić information content (AvgIpc) is 2.62. The van der Waals surface area contributed by atoms with Crippen molar-refractivity contribution in [3.63, 3.8) is 0 Å². The van der Waals surface area contributed by atoms with Gasteiger partial charge in [0.05, 0.1) is 19.2 Å². The van der Waals surface area contributed by atoms with Crippen molar-refractivity contribution in [2.75, 3.05) is 0 Å². The van der Waals surface area contributed by atoms with Gasteiger partial charge in [-0.3, -0.25) is 4.79 Å². The van der Waals surface area contributed by atoms with Crippen LogP contribution in [0.3, 0.4) is 0 Å². The molecule has 0 unspecified atom stereocenters. The Bertz CT molecular complexity index is 457. The summed E-state index contributed by atoms with van der Waals surface area (Å²) in [5, 5.41) is 10.3. The van der Waals surface area contributed by atoms with Gasteiger partial charge in [-0.1, -0.05) is 111 Å². The standard InChI is InChI=1S/C25H50O3Si/c1-7-8-9-11-15-18-22(26)20-23-25(24(27)28-23,29(4,5)6)19-16-13-10-12-14-17-21(2)3/h21-23,26H,7-20H2,1-6H3/t22-,23-,25-/m0/s1. The molecule has 0 spiro atoms. The highest BCUT2D eigenvalue weighted by Gasteiger charge is 2.64. The highest BCUT2D eigenvalue weighted by Crippen LogP contribution is 2.56. The zero-order valence-corrected chi connectivity index (χ0v) is 21.4. The minimum atomic E-state index is -1.74. The summed E-state index contributed by atoms with van der Waals surface area (Å²) in [7, 11) is -1.74. The molecule has 0 radical (unpaired) electrons. The van der Waals surface area contributed by atoms with E-state index in [4.69, 9.17) is 4.74 Å². The summed E-state index contributed by atoms with van der Waals surface area (Å²) in [6.07, 6.45) is 15.7. The third-order valence-corrected chi connectivity index (χ3v) is 10.4. The fourth-order valence-electron chi connectivity index (χ4n) is 4.92. The lowest BCUT2D eigenvalue weighted by molar-refractivity contribution is -0.186. The number of hydrogen-bond acceptors (Lipinski definition) is 3. The van der Waals surface area contributed by atoms with Crippen molar-refractivity contribution < 1.29 is 14.6 Å². The smallest absolute Gasteiger partial charge is 0.313 e. The quantitative estimate of drug-likeness (QED) is 0.149. The summed E-state index contributed by atoms with van der Waals surface area (Å²) in [5.41, 5.74) is 0. The molecule has 3 nitrogen and oxygen atoms in total. The molecular weight excluding hydrogens is 376 g/mol. The van der Waals surface area contributed by atoms with Gasteiger partial charge in [-0.25, -0.2) is 0 Å². The molecule has 0 aromatic heterocycles. The van der Waals surface area contributed by atoms with Gasteiger partial charge >= 0.3 is 5.97 Å². The van der Waals surface area contributed by atoms with Crippen molar-refractivity contribution in [2.24, 2.45) is 5.92 Å². The summed E-state index contributed by atoms with van der Waals surface area (Å²) in [5.74, 6) is 0.824. The second-order valence-electron chi connectivity index (χ2n) is 10.9. The van der Waals surface area contributed by atoms with Gasteiger partial charge in [0.15, 0.2) is 0 Å². The van der Waals surface area contributed by atoms with Crippen molar-refractivity contribution in [1.29, 1.82) is 0 Å². The number of ether oxygens (including phenoxy) is 1. The summed E-state index contributed by atoms with van der Waals surface area (Å²) in [4.78, 5) is 12.7. The van der Waals surface area contributed by atoms with Gasteiger partial charge < -0.3 is 9.84 Å². The van der Waals surface area contributed by atoms with E-state index in [2.05, 4.69) is 40.4 Å². The highest BCUT2D eigenvalue weighted by atomic mass is 28.3. The van der Waals surface area contributed by atoms with E-state index in [0.717, 1.165) is 31.6 Å². The van der Waals surface area contributed by atoms with Crippen LogP contribution >= 0.6 is 0 Å². The monoisotopic (exact) mass is 426 g/mol. The first-order valence-corrected chi connectivity index (χ1v) is 16.0. The third kappa shape index (κ3) is 8.36. The molecule has 1 fully saturated rings. The van der Waals surface area contributed by atoms with E-state index < -0.39 is 8.07 Å². The molecule has 0 bridgehead atoms. The molecule has 1 heterocycles. The van der Waals surface area contributed by atoms with Crippen LogP contribution in [-0.2, 0) is 9.53 Å². The molecule has 1 saturated heterocycles. The van der Waals surface area contributed by atoms with Crippen LogP contribution in [0.25, 0.3) is 0 Å². The summed E-state index contributed by atoms with van der Waals surface area (Å²) < 4.78 is 5.65. The van der Waals surface area contributed by atoms with Gasteiger partial charge in [0.2, 0.25) is 0 Å². The summed E-state index contributed by atoms with van der Waals surface area (Å²) >= 11 is 0.